The highest BCUT2D eigenvalue weighted by Gasteiger charge is 2.28. The fourth-order valence-electron chi connectivity index (χ4n) is 2.60. The number of urea groups is 1. The fourth-order valence-corrected chi connectivity index (χ4v) is 2.98. The molecule has 1 heterocycles. The largest absolute Gasteiger partial charge is 0.495 e. The number of hydrogen-bond acceptors (Lipinski definition) is 6. The zero-order valence-electron chi connectivity index (χ0n) is 15.7. The van der Waals surface area contributed by atoms with Crippen LogP contribution in [0.15, 0.2) is 52.5 Å². The molecule has 2 aromatic rings. The van der Waals surface area contributed by atoms with Crippen LogP contribution >= 0.6 is 15.9 Å². The number of ether oxygens (including phenoxy) is 2. The maximum atomic E-state index is 12.3. The summed E-state index contributed by atoms with van der Waals surface area (Å²) in [4.78, 5) is 47.4. The molecule has 2 aromatic carbocycles. The first-order chi connectivity index (χ1) is 14.4. The molecule has 1 saturated heterocycles. The summed E-state index contributed by atoms with van der Waals surface area (Å²) in [6, 6.07) is 10.9. The molecule has 0 aromatic heterocycles. The molecule has 0 atom stereocenters. The number of halogens is 1. The number of benzene rings is 2. The van der Waals surface area contributed by atoms with E-state index in [4.69, 9.17) is 9.47 Å². The van der Waals surface area contributed by atoms with Gasteiger partial charge in [0.25, 0.3) is 17.7 Å². The Balaban J connectivity index is 1.76. The lowest BCUT2D eigenvalue weighted by Gasteiger charge is -2.15. The van der Waals surface area contributed by atoms with E-state index in [9.17, 15) is 19.2 Å². The molecule has 1 aliphatic rings. The number of barbiturate groups is 1. The quantitative estimate of drug-likeness (QED) is 0.436. The number of methoxy groups -OCH3 is 1. The molecule has 10 heteroatoms. The van der Waals surface area contributed by atoms with E-state index in [2.05, 4.69) is 21.2 Å². The van der Waals surface area contributed by atoms with Gasteiger partial charge >= 0.3 is 6.03 Å². The van der Waals surface area contributed by atoms with Gasteiger partial charge in [-0.05, 0) is 36.4 Å². The van der Waals surface area contributed by atoms with Gasteiger partial charge in [0.05, 0.1) is 12.8 Å². The summed E-state index contributed by atoms with van der Waals surface area (Å²) < 4.78 is 11.4. The minimum Gasteiger partial charge on any atom is -0.495 e. The van der Waals surface area contributed by atoms with Crippen LogP contribution in [0.4, 0.5) is 10.5 Å². The van der Waals surface area contributed by atoms with Gasteiger partial charge in [0.1, 0.15) is 17.1 Å². The zero-order chi connectivity index (χ0) is 21.7. The Kier molecular flexibility index (Phi) is 6.48. The minimum absolute atomic E-state index is 0.262. The van der Waals surface area contributed by atoms with Crippen LogP contribution in [0.2, 0.25) is 0 Å². The molecule has 0 aliphatic carbocycles. The van der Waals surface area contributed by atoms with Gasteiger partial charge < -0.3 is 14.8 Å². The third kappa shape index (κ3) is 5.03. The second-order valence-electron chi connectivity index (χ2n) is 6.01. The van der Waals surface area contributed by atoms with E-state index in [1.54, 1.807) is 42.5 Å². The van der Waals surface area contributed by atoms with Crippen LogP contribution in [-0.2, 0) is 14.4 Å². The number of nitrogens with one attached hydrogen (secondary N) is 3. The van der Waals surface area contributed by atoms with Crippen molar-refractivity contribution in [1.82, 2.24) is 10.6 Å². The molecule has 30 heavy (non-hydrogen) atoms. The second-order valence-corrected chi connectivity index (χ2v) is 6.93. The average Bonchev–Trinajstić information content (AvgIpc) is 2.70. The van der Waals surface area contributed by atoms with E-state index in [0.717, 1.165) is 0 Å². The Bertz CT molecular complexity index is 1040. The predicted octanol–water partition coefficient (Wildman–Crippen LogP) is 2.22. The Morgan fingerprint density at radius 2 is 1.77 bits per heavy atom. The van der Waals surface area contributed by atoms with E-state index >= 15 is 0 Å². The summed E-state index contributed by atoms with van der Waals surface area (Å²) in [6.07, 6.45) is 1.27. The smallest absolute Gasteiger partial charge is 0.328 e. The van der Waals surface area contributed by atoms with E-state index < -0.39 is 23.8 Å². The minimum atomic E-state index is -0.888. The summed E-state index contributed by atoms with van der Waals surface area (Å²) >= 11 is 3.31. The molecular weight excluding hydrogens is 458 g/mol. The van der Waals surface area contributed by atoms with Gasteiger partial charge in [-0.3, -0.25) is 25.0 Å². The van der Waals surface area contributed by atoms with Crippen LogP contribution in [0.1, 0.15) is 5.56 Å². The summed E-state index contributed by atoms with van der Waals surface area (Å²) in [5.74, 6) is -1.32. The van der Waals surface area contributed by atoms with E-state index in [0.29, 0.717) is 21.5 Å². The normalized spacial score (nSPS) is 13.3. The van der Waals surface area contributed by atoms with Crippen LogP contribution in [-0.4, -0.2) is 37.5 Å². The van der Waals surface area contributed by atoms with E-state index in [1.165, 1.54) is 13.2 Å². The molecule has 154 valence electrons. The number of hydrogen-bond donors (Lipinski definition) is 3. The van der Waals surface area contributed by atoms with Crippen molar-refractivity contribution in [2.45, 2.75) is 0 Å². The van der Waals surface area contributed by atoms with Gasteiger partial charge in [-0.15, -0.1) is 0 Å². The molecule has 0 radical (unpaired) electrons. The van der Waals surface area contributed by atoms with Crippen LogP contribution in [0.5, 0.6) is 11.5 Å². The number of imide groups is 2. The summed E-state index contributed by atoms with van der Waals surface area (Å²) in [6.45, 7) is -0.327. The van der Waals surface area contributed by atoms with Gasteiger partial charge in [-0.25, -0.2) is 4.79 Å². The van der Waals surface area contributed by atoms with E-state index in [1.807, 2.05) is 10.6 Å². The third-order valence-corrected chi connectivity index (χ3v) is 4.45. The van der Waals surface area contributed by atoms with Crippen molar-refractivity contribution in [3.8, 4) is 11.5 Å². The predicted molar refractivity (Wildman–Crippen MR) is 111 cm³/mol. The topological polar surface area (TPSA) is 123 Å². The number of amides is 5. The summed E-state index contributed by atoms with van der Waals surface area (Å²) in [5.41, 5.74) is 0.590. The lowest BCUT2D eigenvalue weighted by molar-refractivity contribution is -0.124. The molecular formula is C20H16BrN3O6. The maximum Gasteiger partial charge on any atom is 0.328 e. The second kappa shape index (κ2) is 9.23. The van der Waals surface area contributed by atoms with Gasteiger partial charge in [-0.1, -0.05) is 28.1 Å². The van der Waals surface area contributed by atoms with Gasteiger partial charge in [0, 0.05) is 10.0 Å². The third-order valence-electron chi connectivity index (χ3n) is 3.95. The van der Waals surface area contributed by atoms with Crippen LogP contribution in [0.25, 0.3) is 6.08 Å². The molecule has 0 unspecified atom stereocenters. The molecule has 9 nitrogen and oxygen atoms in total. The number of rotatable bonds is 6. The first kappa shape index (κ1) is 21.1. The molecule has 3 rings (SSSR count). The Hall–Kier alpha value is -3.66. The molecule has 0 saturated carbocycles. The SMILES string of the molecule is COc1ccccc1NC(=O)COc1ccc(Br)cc1C=C1C(=O)NC(=O)NC1=O. The highest BCUT2D eigenvalue weighted by molar-refractivity contribution is 9.10. The highest BCUT2D eigenvalue weighted by Crippen LogP contribution is 2.27. The number of para-hydroxylation sites is 2. The monoisotopic (exact) mass is 473 g/mol. The maximum absolute atomic E-state index is 12.3. The first-order valence-electron chi connectivity index (χ1n) is 8.61. The van der Waals surface area contributed by atoms with E-state index in [-0.39, 0.29) is 17.9 Å². The Morgan fingerprint density at radius 3 is 2.47 bits per heavy atom. The molecule has 0 bridgehead atoms. The van der Waals surface area contributed by atoms with Crippen molar-refractivity contribution in [3.05, 3.63) is 58.1 Å². The highest BCUT2D eigenvalue weighted by atomic mass is 79.9. The number of carbonyl (C=O) groups is 4. The van der Waals surface area contributed by atoms with Crippen LogP contribution < -0.4 is 25.4 Å². The van der Waals surface area contributed by atoms with Crippen molar-refractivity contribution in [3.63, 3.8) is 0 Å². The number of anilines is 1. The van der Waals surface area contributed by atoms with Crippen molar-refractivity contribution < 1.29 is 28.7 Å². The van der Waals surface area contributed by atoms with Crippen molar-refractivity contribution >= 4 is 51.4 Å². The van der Waals surface area contributed by atoms with Crippen molar-refractivity contribution in [1.29, 1.82) is 0 Å². The average molecular weight is 474 g/mol. The number of carbonyl (C=O) groups excluding carboxylic acids is 4. The van der Waals surface area contributed by atoms with Crippen LogP contribution in [0.3, 0.4) is 0 Å². The van der Waals surface area contributed by atoms with Gasteiger partial charge in [-0.2, -0.15) is 0 Å². The standard InChI is InChI=1S/C20H16BrN3O6/c1-29-16-5-3-2-4-14(16)22-17(25)10-30-15-7-6-12(21)8-11(15)9-13-18(26)23-20(28)24-19(13)27/h2-9H,10H2,1H3,(H,22,25)(H2,23,24,26,27,28). The van der Waals surface area contributed by atoms with Gasteiger partial charge in [0.15, 0.2) is 6.61 Å². The molecule has 1 aliphatic heterocycles. The first-order valence-corrected chi connectivity index (χ1v) is 9.40. The molecule has 0 spiro atoms. The Morgan fingerprint density at radius 1 is 1.07 bits per heavy atom. The lowest BCUT2D eigenvalue weighted by Crippen LogP contribution is -2.51. The van der Waals surface area contributed by atoms with Crippen LogP contribution in [0, 0.1) is 0 Å². The summed E-state index contributed by atoms with van der Waals surface area (Å²) in [7, 11) is 1.49. The van der Waals surface area contributed by atoms with Crippen molar-refractivity contribution in [2.24, 2.45) is 0 Å². The molecule has 3 N–H and O–H groups in total. The molecule has 1 fully saturated rings. The summed E-state index contributed by atoms with van der Waals surface area (Å²) in [5, 5.41) is 6.68. The Labute approximate surface area is 179 Å². The fraction of sp³-hybridized carbons (Fsp3) is 0.100. The molecule has 5 amide bonds. The van der Waals surface area contributed by atoms with Gasteiger partial charge in [0.2, 0.25) is 0 Å². The lowest BCUT2D eigenvalue weighted by atomic mass is 10.1. The zero-order valence-corrected chi connectivity index (χ0v) is 17.2. The van der Waals surface area contributed by atoms with Crippen molar-refractivity contribution in [2.75, 3.05) is 19.0 Å².